The van der Waals surface area contributed by atoms with Crippen LogP contribution in [0.2, 0.25) is 0 Å². The molecule has 0 bridgehead atoms. The second-order valence-corrected chi connectivity index (χ2v) is 6.03. The van der Waals surface area contributed by atoms with E-state index in [1.54, 1.807) is 42.5 Å². The minimum Gasteiger partial charge on any atom is -0.489 e. The van der Waals surface area contributed by atoms with E-state index in [9.17, 15) is 24.6 Å². The molecule has 10 heteroatoms. The molecule has 0 unspecified atom stereocenters. The van der Waals surface area contributed by atoms with Gasteiger partial charge in [-0.05, 0) is 42.0 Å². The maximum Gasteiger partial charge on any atom is 0.301 e. The number of ether oxygens (including phenoxy) is 1. The van der Waals surface area contributed by atoms with Gasteiger partial charge in [0.1, 0.15) is 23.9 Å². The molecule has 3 aromatic carbocycles. The summed E-state index contributed by atoms with van der Waals surface area (Å²) in [6, 6.07) is 16.3. The quantitative estimate of drug-likeness (QED) is 0.327. The number of hydrogen-bond donors (Lipinski definition) is 1. The normalized spacial score (nSPS) is 10.7. The summed E-state index contributed by atoms with van der Waals surface area (Å²) in [7, 11) is 0. The van der Waals surface area contributed by atoms with E-state index in [1.165, 1.54) is 18.3 Å². The van der Waals surface area contributed by atoms with E-state index in [1.807, 2.05) is 0 Å². The lowest BCUT2D eigenvalue weighted by Gasteiger charge is -2.07. The van der Waals surface area contributed by atoms with E-state index in [-0.39, 0.29) is 23.8 Å². The van der Waals surface area contributed by atoms with Gasteiger partial charge in [0.15, 0.2) is 0 Å². The first-order chi connectivity index (χ1) is 14.4. The molecular formula is C20H15FN4O5. The largest absolute Gasteiger partial charge is 0.489 e. The van der Waals surface area contributed by atoms with Crippen molar-refractivity contribution in [3.63, 3.8) is 0 Å². The van der Waals surface area contributed by atoms with Crippen LogP contribution < -0.4 is 10.2 Å². The van der Waals surface area contributed by atoms with Crippen molar-refractivity contribution in [1.82, 2.24) is 0 Å². The molecule has 0 radical (unpaired) electrons. The first kappa shape index (κ1) is 20.4. The van der Waals surface area contributed by atoms with Crippen molar-refractivity contribution in [3.05, 3.63) is 104 Å². The van der Waals surface area contributed by atoms with Crippen molar-refractivity contribution in [2.24, 2.45) is 5.10 Å². The van der Waals surface area contributed by atoms with Gasteiger partial charge in [0, 0.05) is 11.6 Å². The van der Waals surface area contributed by atoms with Gasteiger partial charge in [-0.15, -0.1) is 0 Å². The van der Waals surface area contributed by atoms with E-state index in [0.29, 0.717) is 16.9 Å². The molecule has 0 spiro atoms. The predicted octanol–water partition coefficient (Wildman–Crippen LogP) is 4.67. The van der Waals surface area contributed by atoms with E-state index in [2.05, 4.69) is 10.5 Å². The smallest absolute Gasteiger partial charge is 0.301 e. The van der Waals surface area contributed by atoms with Crippen molar-refractivity contribution in [3.8, 4) is 5.75 Å². The molecule has 30 heavy (non-hydrogen) atoms. The number of nitrogens with zero attached hydrogens (tertiary/aromatic N) is 3. The number of nitrogens with one attached hydrogen (secondary N) is 1. The second-order valence-electron chi connectivity index (χ2n) is 6.03. The van der Waals surface area contributed by atoms with E-state index in [0.717, 1.165) is 12.1 Å². The zero-order chi connectivity index (χ0) is 21.5. The lowest BCUT2D eigenvalue weighted by Crippen LogP contribution is -1.99. The Morgan fingerprint density at radius 2 is 1.73 bits per heavy atom. The Morgan fingerprint density at radius 3 is 2.40 bits per heavy atom. The number of nitro groups is 2. The maximum atomic E-state index is 13.6. The predicted molar refractivity (Wildman–Crippen MR) is 108 cm³/mol. The van der Waals surface area contributed by atoms with Crippen LogP contribution in [0.15, 0.2) is 71.8 Å². The third-order valence-corrected chi connectivity index (χ3v) is 4.02. The van der Waals surface area contributed by atoms with Gasteiger partial charge in [0.25, 0.3) is 5.69 Å². The fourth-order valence-electron chi connectivity index (χ4n) is 2.48. The van der Waals surface area contributed by atoms with Gasteiger partial charge in [-0.3, -0.25) is 25.7 Å². The van der Waals surface area contributed by atoms with Gasteiger partial charge >= 0.3 is 5.69 Å². The van der Waals surface area contributed by atoms with E-state index in [4.69, 9.17) is 4.74 Å². The summed E-state index contributed by atoms with van der Waals surface area (Å²) in [5.41, 5.74) is 2.80. The van der Waals surface area contributed by atoms with Gasteiger partial charge in [-0.25, -0.2) is 4.39 Å². The van der Waals surface area contributed by atoms with Gasteiger partial charge in [0.05, 0.1) is 22.1 Å². The zero-order valence-corrected chi connectivity index (χ0v) is 15.4. The lowest BCUT2D eigenvalue weighted by molar-refractivity contribution is -0.393. The molecule has 1 N–H and O–H groups in total. The average Bonchev–Trinajstić information content (AvgIpc) is 2.74. The Hall–Kier alpha value is -4.34. The molecule has 0 amide bonds. The lowest BCUT2D eigenvalue weighted by atomic mass is 10.2. The zero-order valence-electron chi connectivity index (χ0n) is 15.4. The maximum absolute atomic E-state index is 13.6. The molecule has 0 atom stereocenters. The van der Waals surface area contributed by atoms with Crippen LogP contribution in [0, 0.1) is 26.0 Å². The standard InChI is InChI=1S/C20H15FN4O5/c21-18-4-2-1-3-15(18)13-30-17-8-5-14(6-9-17)12-22-23-19-10-7-16(24(26)27)11-20(19)25(28)29/h1-12,23H,13H2/b22-12-. The van der Waals surface area contributed by atoms with Crippen LogP contribution in [-0.4, -0.2) is 16.1 Å². The number of hydrogen-bond acceptors (Lipinski definition) is 7. The SMILES string of the molecule is O=[N+]([O-])c1ccc(N/N=C\c2ccc(OCc3ccccc3F)cc2)c([N+](=O)[O-])c1. The van der Waals surface area contributed by atoms with Crippen LogP contribution in [-0.2, 0) is 6.61 Å². The van der Waals surface area contributed by atoms with Crippen LogP contribution in [0.25, 0.3) is 0 Å². The fraction of sp³-hybridized carbons (Fsp3) is 0.0500. The van der Waals surface area contributed by atoms with Crippen LogP contribution in [0.1, 0.15) is 11.1 Å². The highest BCUT2D eigenvalue weighted by atomic mass is 19.1. The Labute approximate surface area is 169 Å². The van der Waals surface area contributed by atoms with E-state index >= 15 is 0 Å². The molecule has 0 aliphatic carbocycles. The molecule has 3 aromatic rings. The molecule has 3 rings (SSSR count). The fourth-order valence-corrected chi connectivity index (χ4v) is 2.48. The first-order valence-electron chi connectivity index (χ1n) is 8.62. The Kier molecular flexibility index (Phi) is 6.28. The van der Waals surface area contributed by atoms with Gasteiger partial charge in [0.2, 0.25) is 0 Å². The van der Waals surface area contributed by atoms with Gasteiger partial charge in [-0.1, -0.05) is 18.2 Å². The van der Waals surface area contributed by atoms with Crippen molar-refractivity contribution < 1.29 is 19.0 Å². The van der Waals surface area contributed by atoms with Gasteiger partial charge in [-0.2, -0.15) is 5.10 Å². The highest BCUT2D eigenvalue weighted by Crippen LogP contribution is 2.28. The van der Waals surface area contributed by atoms with Crippen molar-refractivity contribution in [2.75, 3.05) is 5.43 Å². The molecule has 0 aliphatic heterocycles. The summed E-state index contributed by atoms with van der Waals surface area (Å²) in [6.45, 7) is 0.0888. The number of rotatable bonds is 8. The average molecular weight is 410 g/mol. The number of non-ortho nitro benzene ring substituents is 1. The van der Waals surface area contributed by atoms with Gasteiger partial charge < -0.3 is 4.74 Å². The van der Waals surface area contributed by atoms with Crippen molar-refractivity contribution >= 4 is 23.3 Å². The number of hydrazone groups is 1. The third-order valence-electron chi connectivity index (χ3n) is 4.02. The molecule has 0 heterocycles. The number of nitro benzene ring substituents is 2. The first-order valence-corrected chi connectivity index (χ1v) is 8.62. The Balaban J connectivity index is 1.62. The minimum absolute atomic E-state index is 0.0201. The summed E-state index contributed by atoms with van der Waals surface area (Å²) in [5.74, 6) is 0.196. The summed E-state index contributed by atoms with van der Waals surface area (Å²) < 4.78 is 19.1. The highest BCUT2D eigenvalue weighted by molar-refractivity contribution is 5.80. The van der Waals surface area contributed by atoms with Crippen molar-refractivity contribution in [1.29, 1.82) is 0 Å². The summed E-state index contributed by atoms with van der Waals surface area (Å²) in [4.78, 5) is 20.4. The van der Waals surface area contributed by atoms with Crippen LogP contribution in [0.4, 0.5) is 21.5 Å². The minimum atomic E-state index is -0.730. The molecule has 0 saturated heterocycles. The number of halogens is 1. The monoisotopic (exact) mass is 410 g/mol. The Morgan fingerprint density at radius 1 is 1.00 bits per heavy atom. The van der Waals surface area contributed by atoms with Crippen LogP contribution in [0.3, 0.4) is 0 Å². The summed E-state index contributed by atoms with van der Waals surface area (Å²) in [6.07, 6.45) is 1.42. The number of anilines is 1. The Bertz CT molecular complexity index is 1100. The van der Waals surface area contributed by atoms with Crippen LogP contribution >= 0.6 is 0 Å². The molecule has 0 fully saturated rings. The molecule has 0 aliphatic rings. The number of benzene rings is 3. The topological polar surface area (TPSA) is 120 Å². The molecule has 9 nitrogen and oxygen atoms in total. The summed E-state index contributed by atoms with van der Waals surface area (Å²) in [5, 5.41) is 25.8. The molecule has 0 saturated carbocycles. The third kappa shape index (κ3) is 5.13. The molecular weight excluding hydrogens is 395 g/mol. The van der Waals surface area contributed by atoms with Crippen molar-refractivity contribution in [2.45, 2.75) is 6.61 Å². The summed E-state index contributed by atoms with van der Waals surface area (Å²) >= 11 is 0. The molecule has 0 aromatic heterocycles. The van der Waals surface area contributed by atoms with Crippen LogP contribution in [0.5, 0.6) is 5.75 Å². The molecule has 152 valence electrons. The highest BCUT2D eigenvalue weighted by Gasteiger charge is 2.19. The second kappa shape index (κ2) is 9.24. The van der Waals surface area contributed by atoms with E-state index < -0.39 is 15.5 Å².